The molecular formula is C22H20N4O2S. The first-order chi connectivity index (χ1) is 13.9. The number of nitrogen functional groups attached to an aromatic ring is 1. The molecule has 0 aliphatic rings. The third-order valence-electron chi connectivity index (χ3n) is 4.66. The second kappa shape index (κ2) is 8.25. The molecule has 0 fully saturated rings. The van der Waals surface area contributed by atoms with E-state index in [2.05, 4.69) is 5.32 Å². The van der Waals surface area contributed by atoms with Gasteiger partial charge in [0.1, 0.15) is 17.5 Å². The molecule has 6 nitrogen and oxygen atoms in total. The van der Waals surface area contributed by atoms with E-state index >= 15 is 0 Å². The maximum absolute atomic E-state index is 13.2. The van der Waals surface area contributed by atoms with Gasteiger partial charge in [0, 0.05) is 10.6 Å². The molecule has 0 saturated heterocycles. The highest BCUT2D eigenvalue weighted by Crippen LogP contribution is 2.30. The van der Waals surface area contributed by atoms with Crippen LogP contribution in [0.15, 0.2) is 58.2 Å². The highest BCUT2D eigenvalue weighted by atomic mass is 32.2. The molecule has 1 heterocycles. The van der Waals surface area contributed by atoms with Crippen LogP contribution in [0.2, 0.25) is 0 Å². The molecule has 1 amide bonds. The van der Waals surface area contributed by atoms with E-state index < -0.39 is 11.5 Å². The lowest BCUT2D eigenvalue weighted by Crippen LogP contribution is -2.30. The number of para-hydroxylation sites is 2. The molecule has 3 N–H and O–H groups in total. The summed E-state index contributed by atoms with van der Waals surface area (Å²) in [7, 11) is 0. The van der Waals surface area contributed by atoms with E-state index in [4.69, 9.17) is 5.73 Å². The molecule has 0 spiro atoms. The summed E-state index contributed by atoms with van der Waals surface area (Å²) in [4.78, 5) is 26.5. The van der Waals surface area contributed by atoms with Gasteiger partial charge in [-0.15, -0.1) is 11.8 Å². The standard InChI is InChI=1S/C22H20N4O2S/c1-13-8-4-6-10-16(13)25-21(27)18-19(29-3)15(12-23)22(28)26(20(18)24)17-11-7-5-9-14(17)2/h4-11H,24H2,1-3H3,(H,25,27). The van der Waals surface area contributed by atoms with Gasteiger partial charge in [0.2, 0.25) is 0 Å². The van der Waals surface area contributed by atoms with Crippen molar-refractivity contribution in [1.29, 1.82) is 5.26 Å². The van der Waals surface area contributed by atoms with Gasteiger partial charge in [-0.1, -0.05) is 36.4 Å². The maximum Gasteiger partial charge on any atom is 0.275 e. The Kier molecular flexibility index (Phi) is 5.76. The molecule has 0 aliphatic carbocycles. The lowest BCUT2D eigenvalue weighted by molar-refractivity contribution is 0.102. The van der Waals surface area contributed by atoms with E-state index in [1.165, 1.54) is 4.57 Å². The Morgan fingerprint density at radius 2 is 1.72 bits per heavy atom. The number of aromatic nitrogens is 1. The van der Waals surface area contributed by atoms with Gasteiger partial charge in [-0.3, -0.25) is 14.2 Å². The van der Waals surface area contributed by atoms with E-state index in [1.54, 1.807) is 24.5 Å². The molecule has 3 aromatic rings. The van der Waals surface area contributed by atoms with Gasteiger partial charge in [0.05, 0.1) is 11.3 Å². The van der Waals surface area contributed by atoms with Crippen LogP contribution in [0.1, 0.15) is 27.0 Å². The monoisotopic (exact) mass is 404 g/mol. The largest absolute Gasteiger partial charge is 0.384 e. The van der Waals surface area contributed by atoms with Gasteiger partial charge >= 0.3 is 0 Å². The molecule has 3 rings (SSSR count). The van der Waals surface area contributed by atoms with Gasteiger partial charge in [0.25, 0.3) is 11.5 Å². The Morgan fingerprint density at radius 1 is 1.10 bits per heavy atom. The van der Waals surface area contributed by atoms with Crippen molar-refractivity contribution >= 4 is 29.2 Å². The minimum Gasteiger partial charge on any atom is -0.384 e. The van der Waals surface area contributed by atoms with Crippen molar-refractivity contribution in [2.24, 2.45) is 0 Å². The summed E-state index contributed by atoms with van der Waals surface area (Å²) in [5.74, 6) is -0.473. The molecule has 0 saturated carbocycles. The number of anilines is 2. The van der Waals surface area contributed by atoms with Crippen LogP contribution in [0.4, 0.5) is 11.5 Å². The predicted octanol–water partition coefficient (Wildman–Crippen LogP) is 3.88. The molecule has 0 unspecified atom stereocenters. The van der Waals surface area contributed by atoms with Crippen molar-refractivity contribution in [3.63, 3.8) is 0 Å². The summed E-state index contributed by atoms with van der Waals surface area (Å²) in [5, 5.41) is 12.5. The number of hydrogen-bond acceptors (Lipinski definition) is 5. The van der Waals surface area contributed by atoms with Gasteiger partial charge in [-0.25, -0.2) is 0 Å². The number of aryl methyl sites for hydroxylation is 2. The van der Waals surface area contributed by atoms with Crippen molar-refractivity contribution in [1.82, 2.24) is 4.57 Å². The van der Waals surface area contributed by atoms with E-state index in [9.17, 15) is 14.9 Å². The molecular weight excluding hydrogens is 384 g/mol. The van der Waals surface area contributed by atoms with Gasteiger partial charge in [-0.05, 0) is 43.4 Å². The second-order valence-electron chi connectivity index (χ2n) is 6.48. The van der Waals surface area contributed by atoms with Crippen molar-refractivity contribution in [3.05, 3.63) is 81.1 Å². The first-order valence-electron chi connectivity index (χ1n) is 8.86. The fourth-order valence-corrected chi connectivity index (χ4v) is 3.88. The first kappa shape index (κ1) is 20.2. The number of pyridine rings is 1. The number of nitrogens with one attached hydrogen (secondary N) is 1. The minimum atomic E-state index is -0.545. The van der Waals surface area contributed by atoms with Gasteiger partial charge in [-0.2, -0.15) is 5.26 Å². The average molecular weight is 404 g/mol. The van der Waals surface area contributed by atoms with E-state index in [1.807, 2.05) is 50.2 Å². The second-order valence-corrected chi connectivity index (χ2v) is 7.29. The normalized spacial score (nSPS) is 10.4. The number of carbonyl (C=O) groups excluding carboxylic acids is 1. The summed E-state index contributed by atoms with van der Waals surface area (Å²) < 4.78 is 1.24. The molecule has 2 aromatic carbocycles. The third-order valence-corrected chi connectivity index (χ3v) is 5.48. The average Bonchev–Trinajstić information content (AvgIpc) is 2.70. The van der Waals surface area contributed by atoms with Crippen molar-refractivity contribution in [2.45, 2.75) is 18.7 Å². The number of thioether (sulfide) groups is 1. The molecule has 146 valence electrons. The quantitative estimate of drug-likeness (QED) is 0.643. The maximum atomic E-state index is 13.2. The molecule has 0 atom stereocenters. The number of rotatable bonds is 4. The summed E-state index contributed by atoms with van der Waals surface area (Å²) in [6.45, 7) is 3.71. The lowest BCUT2D eigenvalue weighted by atomic mass is 10.1. The zero-order valence-electron chi connectivity index (χ0n) is 16.3. The zero-order chi connectivity index (χ0) is 21.1. The van der Waals surface area contributed by atoms with E-state index in [0.717, 1.165) is 22.9 Å². The van der Waals surface area contributed by atoms with Crippen LogP contribution in [0.25, 0.3) is 5.69 Å². The van der Waals surface area contributed by atoms with Crippen LogP contribution < -0.4 is 16.6 Å². The summed E-state index contributed by atoms with van der Waals surface area (Å²) in [6, 6.07) is 16.5. The van der Waals surface area contributed by atoms with Crippen molar-refractivity contribution < 1.29 is 4.79 Å². The van der Waals surface area contributed by atoms with Crippen molar-refractivity contribution in [3.8, 4) is 11.8 Å². The molecule has 0 radical (unpaired) electrons. The first-order valence-corrected chi connectivity index (χ1v) is 10.1. The Hall–Kier alpha value is -3.50. The Balaban J connectivity index is 2.29. The number of carbonyl (C=O) groups is 1. The number of nitrogens with two attached hydrogens (primary N) is 1. The minimum absolute atomic E-state index is 0.00117. The molecule has 0 aliphatic heterocycles. The van der Waals surface area contributed by atoms with E-state index in [0.29, 0.717) is 11.4 Å². The third kappa shape index (κ3) is 3.62. The Bertz CT molecular complexity index is 1210. The van der Waals surface area contributed by atoms with E-state index in [-0.39, 0.29) is 21.8 Å². The number of nitriles is 1. The van der Waals surface area contributed by atoms with Crippen LogP contribution >= 0.6 is 11.8 Å². The zero-order valence-corrected chi connectivity index (χ0v) is 17.1. The summed E-state index contributed by atoms with van der Waals surface area (Å²) in [5.41, 5.74) is 8.67. The number of hydrogen-bond donors (Lipinski definition) is 2. The Labute approximate surface area is 173 Å². The van der Waals surface area contributed by atoms with Crippen LogP contribution in [0.3, 0.4) is 0 Å². The topological polar surface area (TPSA) is 101 Å². The van der Waals surface area contributed by atoms with Crippen LogP contribution in [-0.4, -0.2) is 16.7 Å². The Morgan fingerprint density at radius 3 is 2.31 bits per heavy atom. The number of amides is 1. The van der Waals surface area contributed by atoms with Crippen LogP contribution in [0.5, 0.6) is 0 Å². The summed E-state index contributed by atoms with van der Waals surface area (Å²) >= 11 is 1.15. The molecule has 7 heteroatoms. The van der Waals surface area contributed by atoms with Crippen molar-refractivity contribution in [2.75, 3.05) is 17.3 Å². The number of nitrogens with zero attached hydrogens (tertiary/aromatic N) is 2. The van der Waals surface area contributed by atoms with Crippen LogP contribution in [0, 0.1) is 25.2 Å². The molecule has 29 heavy (non-hydrogen) atoms. The molecule has 1 aromatic heterocycles. The summed E-state index contributed by atoms with van der Waals surface area (Å²) in [6.07, 6.45) is 1.71. The fraction of sp³-hybridized carbons (Fsp3) is 0.136. The SMILES string of the molecule is CSc1c(C(=O)Nc2ccccc2C)c(N)n(-c2ccccc2C)c(=O)c1C#N. The predicted molar refractivity (Wildman–Crippen MR) is 117 cm³/mol. The smallest absolute Gasteiger partial charge is 0.275 e. The number of benzene rings is 2. The highest BCUT2D eigenvalue weighted by Gasteiger charge is 2.26. The van der Waals surface area contributed by atoms with Gasteiger partial charge in [0.15, 0.2) is 0 Å². The fourth-order valence-electron chi connectivity index (χ4n) is 3.15. The molecule has 0 bridgehead atoms. The highest BCUT2D eigenvalue weighted by molar-refractivity contribution is 7.98. The van der Waals surface area contributed by atoms with Crippen LogP contribution in [-0.2, 0) is 0 Å². The lowest BCUT2D eigenvalue weighted by Gasteiger charge is -2.19. The van der Waals surface area contributed by atoms with Gasteiger partial charge < -0.3 is 11.1 Å².